The van der Waals surface area contributed by atoms with Crippen LogP contribution in [0.5, 0.6) is 0 Å². The molecular formula is C19H23N5O. The number of rotatable bonds is 7. The van der Waals surface area contributed by atoms with Crippen molar-refractivity contribution >= 4 is 5.91 Å². The summed E-state index contributed by atoms with van der Waals surface area (Å²) in [4.78, 5) is 12.1. The standard InChI is InChI=1S/C19H23N5O/c1-14-18(15(2)23-22-14)10-19(25)20-9-8-17-11-21-24(13-17)12-16-6-4-3-5-7-16/h3-7,11,13H,8-10,12H2,1-2H3,(H,20,25)(H,22,23). The molecule has 2 aromatic heterocycles. The monoisotopic (exact) mass is 337 g/mol. The highest BCUT2D eigenvalue weighted by atomic mass is 16.1. The number of carbonyl (C=O) groups is 1. The Labute approximate surface area is 147 Å². The minimum atomic E-state index is 0.0178. The Balaban J connectivity index is 1.45. The Hall–Kier alpha value is -2.89. The van der Waals surface area contributed by atoms with Crippen molar-refractivity contribution < 1.29 is 4.79 Å². The van der Waals surface area contributed by atoms with E-state index in [2.05, 4.69) is 32.7 Å². The fourth-order valence-electron chi connectivity index (χ4n) is 2.80. The Morgan fingerprint density at radius 2 is 2.00 bits per heavy atom. The van der Waals surface area contributed by atoms with Gasteiger partial charge in [-0.15, -0.1) is 0 Å². The second-order valence-corrected chi connectivity index (χ2v) is 6.22. The Kier molecular flexibility index (Phi) is 5.28. The number of amides is 1. The maximum Gasteiger partial charge on any atom is 0.224 e. The van der Waals surface area contributed by atoms with Crippen LogP contribution in [0.2, 0.25) is 0 Å². The zero-order valence-electron chi connectivity index (χ0n) is 14.6. The van der Waals surface area contributed by atoms with E-state index in [0.717, 1.165) is 35.5 Å². The van der Waals surface area contributed by atoms with E-state index in [1.165, 1.54) is 5.56 Å². The summed E-state index contributed by atoms with van der Waals surface area (Å²) < 4.78 is 1.92. The molecule has 0 aliphatic rings. The van der Waals surface area contributed by atoms with E-state index in [0.29, 0.717) is 13.0 Å². The van der Waals surface area contributed by atoms with Gasteiger partial charge < -0.3 is 5.32 Å². The van der Waals surface area contributed by atoms with Gasteiger partial charge in [0.2, 0.25) is 5.91 Å². The average molecular weight is 337 g/mol. The molecule has 2 N–H and O–H groups in total. The lowest BCUT2D eigenvalue weighted by atomic mass is 10.1. The molecule has 130 valence electrons. The van der Waals surface area contributed by atoms with Crippen molar-refractivity contribution in [1.29, 1.82) is 0 Å². The molecule has 0 atom stereocenters. The summed E-state index contributed by atoms with van der Waals surface area (Å²) in [6, 6.07) is 10.2. The quantitative estimate of drug-likeness (QED) is 0.694. The highest BCUT2D eigenvalue weighted by Gasteiger charge is 2.11. The number of nitrogens with zero attached hydrogens (tertiary/aromatic N) is 3. The smallest absolute Gasteiger partial charge is 0.224 e. The lowest BCUT2D eigenvalue weighted by molar-refractivity contribution is -0.120. The number of hydrogen-bond donors (Lipinski definition) is 2. The minimum absolute atomic E-state index is 0.0178. The molecule has 0 bridgehead atoms. The third kappa shape index (κ3) is 4.56. The highest BCUT2D eigenvalue weighted by molar-refractivity contribution is 5.79. The van der Waals surface area contributed by atoms with Gasteiger partial charge in [-0.25, -0.2) is 0 Å². The summed E-state index contributed by atoms with van der Waals surface area (Å²) in [5.41, 5.74) is 5.15. The predicted octanol–water partition coefficient (Wildman–Crippen LogP) is 2.17. The average Bonchev–Trinajstić information content (AvgIpc) is 3.17. The topological polar surface area (TPSA) is 75.6 Å². The molecule has 6 nitrogen and oxygen atoms in total. The summed E-state index contributed by atoms with van der Waals surface area (Å²) in [6.45, 7) is 5.20. The van der Waals surface area contributed by atoms with E-state index < -0.39 is 0 Å². The van der Waals surface area contributed by atoms with E-state index in [9.17, 15) is 4.79 Å². The third-order valence-electron chi connectivity index (χ3n) is 4.23. The number of hydrogen-bond acceptors (Lipinski definition) is 3. The van der Waals surface area contributed by atoms with Gasteiger partial charge in [0.1, 0.15) is 0 Å². The van der Waals surface area contributed by atoms with Crippen LogP contribution in [0, 0.1) is 13.8 Å². The molecule has 6 heteroatoms. The van der Waals surface area contributed by atoms with Gasteiger partial charge in [-0.3, -0.25) is 14.6 Å². The molecule has 25 heavy (non-hydrogen) atoms. The van der Waals surface area contributed by atoms with Crippen LogP contribution in [0.3, 0.4) is 0 Å². The van der Waals surface area contributed by atoms with E-state index >= 15 is 0 Å². The molecule has 3 rings (SSSR count). The molecular weight excluding hydrogens is 314 g/mol. The van der Waals surface area contributed by atoms with E-state index in [1.54, 1.807) is 0 Å². The molecule has 0 saturated carbocycles. The van der Waals surface area contributed by atoms with E-state index in [4.69, 9.17) is 0 Å². The Morgan fingerprint density at radius 3 is 2.72 bits per heavy atom. The van der Waals surface area contributed by atoms with Crippen molar-refractivity contribution in [3.63, 3.8) is 0 Å². The van der Waals surface area contributed by atoms with Gasteiger partial charge >= 0.3 is 0 Å². The lowest BCUT2D eigenvalue weighted by Gasteiger charge is -2.04. The van der Waals surface area contributed by atoms with Crippen molar-refractivity contribution in [2.75, 3.05) is 6.54 Å². The molecule has 1 aromatic carbocycles. The number of benzene rings is 1. The second kappa shape index (κ2) is 7.79. The Bertz CT molecular complexity index is 815. The maximum atomic E-state index is 12.1. The van der Waals surface area contributed by atoms with Crippen molar-refractivity contribution in [2.24, 2.45) is 0 Å². The molecule has 0 fully saturated rings. The molecule has 0 aliphatic carbocycles. The highest BCUT2D eigenvalue weighted by Crippen LogP contribution is 2.10. The SMILES string of the molecule is Cc1n[nH]c(C)c1CC(=O)NCCc1cnn(Cc2ccccc2)c1. The summed E-state index contributed by atoms with van der Waals surface area (Å²) in [6.07, 6.45) is 5.02. The maximum absolute atomic E-state index is 12.1. The summed E-state index contributed by atoms with van der Waals surface area (Å²) in [5.74, 6) is 0.0178. The summed E-state index contributed by atoms with van der Waals surface area (Å²) in [7, 11) is 0. The van der Waals surface area contributed by atoms with Crippen molar-refractivity contribution in [2.45, 2.75) is 33.2 Å². The molecule has 2 heterocycles. The Morgan fingerprint density at radius 1 is 1.20 bits per heavy atom. The van der Waals surface area contributed by atoms with E-state index in [1.807, 2.05) is 49.1 Å². The zero-order chi connectivity index (χ0) is 17.6. The van der Waals surface area contributed by atoms with Crippen LogP contribution in [0.1, 0.15) is 28.1 Å². The van der Waals surface area contributed by atoms with Gasteiger partial charge in [0.15, 0.2) is 0 Å². The van der Waals surface area contributed by atoms with Gasteiger partial charge in [0.05, 0.1) is 24.9 Å². The van der Waals surface area contributed by atoms with Gasteiger partial charge in [-0.2, -0.15) is 10.2 Å². The second-order valence-electron chi connectivity index (χ2n) is 6.22. The first-order valence-electron chi connectivity index (χ1n) is 8.44. The van der Waals surface area contributed by atoms with Crippen molar-refractivity contribution in [1.82, 2.24) is 25.3 Å². The molecule has 0 spiro atoms. The summed E-state index contributed by atoms with van der Waals surface area (Å²) >= 11 is 0. The van der Waals surface area contributed by atoms with Gasteiger partial charge in [-0.05, 0) is 31.4 Å². The zero-order valence-corrected chi connectivity index (χ0v) is 14.6. The molecule has 0 saturated heterocycles. The number of aromatic nitrogens is 4. The predicted molar refractivity (Wildman–Crippen MR) is 96.3 cm³/mol. The fraction of sp³-hybridized carbons (Fsp3) is 0.316. The number of carbonyl (C=O) groups excluding carboxylic acids is 1. The van der Waals surface area contributed by atoms with Crippen LogP contribution in [0.25, 0.3) is 0 Å². The molecule has 0 unspecified atom stereocenters. The van der Waals surface area contributed by atoms with Crippen LogP contribution in [0.15, 0.2) is 42.7 Å². The van der Waals surface area contributed by atoms with Crippen molar-refractivity contribution in [3.8, 4) is 0 Å². The van der Waals surface area contributed by atoms with Gasteiger partial charge in [-0.1, -0.05) is 30.3 Å². The first kappa shape index (κ1) is 17.0. The number of nitrogens with one attached hydrogen (secondary N) is 2. The van der Waals surface area contributed by atoms with Crippen molar-refractivity contribution in [3.05, 3.63) is 70.8 Å². The molecule has 0 aliphatic heterocycles. The van der Waals surface area contributed by atoms with Crippen LogP contribution < -0.4 is 5.32 Å². The third-order valence-corrected chi connectivity index (χ3v) is 4.23. The molecule has 0 radical (unpaired) electrons. The van der Waals surface area contributed by atoms with Crippen LogP contribution in [-0.4, -0.2) is 32.4 Å². The number of H-pyrrole nitrogens is 1. The van der Waals surface area contributed by atoms with Crippen LogP contribution in [-0.2, 0) is 24.2 Å². The van der Waals surface area contributed by atoms with Gasteiger partial charge in [0, 0.05) is 24.0 Å². The molecule has 3 aromatic rings. The number of aromatic amines is 1. The largest absolute Gasteiger partial charge is 0.355 e. The lowest BCUT2D eigenvalue weighted by Crippen LogP contribution is -2.27. The normalized spacial score (nSPS) is 10.8. The first-order chi connectivity index (χ1) is 12.1. The van der Waals surface area contributed by atoms with Crippen LogP contribution in [0.4, 0.5) is 0 Å². The molecule has 1 amide bonds. The van der Waals surface area contributed by atoms with Gasteiger partial charge in [0.25, 0.3) is 0 Å². The van der Waals surface area contributed by atoms with Crippen LogP contribution >= 0.6 is 0 Å². The minimum Gasteiger partial charge on any atom is -0.355 e. The number of aryl methyl sites for hydroxylation is 2. The van der Waals surface area contributed by atoms with E-state index in [-0.39, 0.29) is 5.91 Å². The first-order valence-corrected chi connectivity index (χ1v) is 8.44. The summed E-state index contributed by atoms with van der Waals surface area (Å²) in [5, 5.41) is 14.4. The fourth-order valence-corrected chi connectivity index (χ4v) is 2.80.